The molecule has 2 rings (SSSR count). The van der Waals surface area contributed by atoms with E-state index in [4.69, 9.17) is 9.47 Å². The van der Waals surface area contributed by atoms with E-state index in [2.05, 4.69) is 0 Å². The molecule has 1 saturated heterocycles. The van der Waals surface area contributed by atoms with Gasteiger partial charge >= 0.3 is 5.97 Å². The van der Waals surface area contributed by atoms with E-state index in [0.29, 0.717) is 30.0 Å². The number of nitrogens with zero attached hydrogens (tertiary/aromatic N) is 1. The van der Waals surface area contributed by atoms with Gasteiger partial charge in [-0.15, -0.1) is 0 Å². The van der Waals surface area contributed by atoms with E-state index in [1.807, 2.05) is 0 Å². The Labute approximate surface area is 124 Å². The van der Waals surface area contributed by atoms with Crippen molar-refractivity contribution in [3.8, 4) is 0 Å². The Morgan fingerprint density at radius 2 is 2.24 bits per heavy atom. The number of rotatable bonds is 5. The zero-order valence-corrected chi connectivity index (χ0v) is 13.0. The summed E-state index contributed by atoms with van der Waals surface area (Å²) in [5, 5.41) is 0. The highest BCUT2D eigenvalue weighted by Gasteiger charge is 2.20. The predicted molar refractivity (Wildman–Crippen MR) is 79.7 cm³/mol. The van der Waals surface area contributed by atoms with Crippen molar-refractivity contribution in [3.63, 3.8) is 0 Å². The lowest BCUT2D eigenvalue weighted by Crippen LogP contribution is -2.27. The first kappa shape index (κ1) is 15.8. The van der Waals surface area contributed by atoms with Gasteiger partial charge in [-0.05, 0) is 45.6 Å². The lowest BCUT2D eigenvalue weighted by atomic mass is 10.1. The van der Waals surface area contributed by atoms with Crippen LogP contribution >= 0.6 is 0 Å². The normalized spacial score (nSPS) is 18.0. The van der Waals surface area contributed by atoms with Crippen molar-refractivity contribution in [1.29, 1.82) is 0 Å². The molecule has 0 N–H and O–H groups in total. The second-order valence-electron chi connectivity index (χ2n) is 5.42. The fraction of sp³-hybridized carbons (Fsp3) is 0.625. The second-order valence-corrected chi connectivity index (χ2v) is 5.42. The number of esters is 1. The third kappa shape index (κ3) is 3.53. The van der Waals surface area contributed by atoms with Gasteiger partial charge in [0.1, 0.15) is 0 Å². The van der Waals surface area contributed by atoms with Crippen LogP contribution in [-0.4, -0.2) is 29.9 Å². The van der Waals surface area contributed by atoms with Crippen molar-refractivity contribution >= 4 is 5.97 Å². The van der Waals surface area contributed by atoms with Crippen LogP contribution in [0.15, 0.2) is 10.9 Å². The van der Waals surface area contributed by atoms with Crippen LogP contribution in [0.1, 0.15) is 47.8 Å². The molecular formula is C16H23NO4. The molecule has 0 bridgehead atoms. The molecule has 0 saturated carbocycles. The number of ether oxygens (including phenoxy) is 2. The molecule has 21 heavy (non-hydrogen) atoms. The molecule has 1 aromatic rings. The first-order valence-electron chi connectivity index (χ1n) is 7.54. The summed E-state index contributed by atoms with van der Waals surface area (Å²) in [4.78, 5) is 24.2. The average molecular weight is 293 g/mol. The molecule has 1 aliphatic heterocycles. The van der Waals surface area contributed by atoms with Gasteiger partial charge in [0.25, 0.3) is 5.56 Å². The third-order valence-corrected chi connectivity index (χ3v) is 3.95. The first-order valence-corrected chi connectivity index (χ1v) is 7.54. The Kier molecular flexibility index (Phi) is 5.17. The minimum atomic E-state index is -0.363. The fourth-order valence-electron chi connectivity index (χ4n) is 2.86. The zero-order valence-electron chi connectivity index (χ0n) is 13.0. The number of hydrogen-bond donors (Lipinski definition) is 0. The molecule has 0 aromatic carbocycles. The minimum Gasteiger partial charge on any atom is -0.462 e. The zero-order chi connectivity index (χ0) is 15.4. The van der Waals surface area contributed by atoms with Gasteiger partial charge in [-0.3, -0.25) is 4.79 Å². The van der Waals surface area contributed by atoms with Crippen molar-refractivity contribution in [2.75, 3.05) is 13.2 Å². The van der Waals surface area contributed by atoms with E-state index in [1.54, 1.807) is 25.3 Å². The van der Waals surface area contributed by atoms with Crippen molar-refractivity contribution in [1.82, 2.24) is 4.57 Å². The van der Waals surface area contributed by atoms with Crippen molar-refractivity contribution in [2.45, 2.75) is 52.7 Å². The molecule has 1 fully saturated rings. The van der Waals surface area contributed by atoms with Gasteiger partial charge in [0, 0.05) is 24.9 Å². The summed E-state index contributed by atoms with van der Waals surface area (Å²) in [5.74, 6) is -0.363. The first-order chi connectivity index (χ1) is 10.0. The lowest BCUT2D eigenvalue weighted by molar-refractivity contribution is 0.0523. The Hall–Kier alpha value is -1.62. The Bertz CT molecular complexity index is 570. The van der Waals surface area contributed by atoms with Gasteiger partial charge in [-0.25, -0.2) is 4.79 Å². The summed E-state index contributed by atoms with van der Waals surface area (Å²) in [6.07, 6.45) is 3.15. The lowest BCUT2D eigenvalue weighted by Gasteiger charge is -2.17. The van der Waals surface area contributed by atoms with Crippen molar-refractivity contribution in [3.05, 3.63) is 33.2 Å². The summed E-state index contributed by atoms with van der Waals surface area (Å²) in [5.41, 5.74) is 1.78. The maximum atomic E-state index is 12.2. The SMILES string of the molecule is CCOC(=O)c1c(C)cc(=O)n(CCC2CCCO2)c1C. The van der Waals surface area contributed by atoms with Crippen molar-refractivity contribution in [2.24, 2.45) is 0 Å². The van der Waals surface area contributed by atoms with Crippen LogP contribution < -0.4 is 5.56 Å². The van der Waals surface area contributed by atoms with E-state index in [-0.39, 0.29) is 17.6 Å². The highest BCUT2D eigenvalue weighted by Crippen LogP contribution is 2.18. The van der Waals surface area contributed by atoms with Crippen LogP contribution in [0.4, 0.5) is 0 Å². The molecular weight excluding hydrogens is 270 g/mol. The molecule has 1 aliphatic rings. The molecule has 0 spiro atoms. The third-order valence-electron chi connectivity index (χ3n) is 3.95. The summed E-state index contributed by atoms with van der Waals surface area (Å²) < 4.78 is 12.3. The van der Waals surface area contributed by atoms with E-state index in [0.717, 1.165) is 25.9 Å². The smallest absolute Gasteiger partial charge is 0.340 e. The maximum absolute atomic E-state index is 12.2. The topological polar surface area (TPSA) is 57.5 Å². The average Bonchev–Trinajstić information content (AvgIpc) is 2.91. The van der Waals surface area contributed by atoms with E-state index < -0.39 is 0 Å². The molecule has 1 unspecified atom stereocenters. The number of pyridine rings is 1. The standard InChI is InChI=1S/C16H23NO4/c1-4-20-16(19)15-11(2)10-14(18)17(12(15)3)8-7-13-6-5-9-21-13/h10,13H,4-9H2,1-3H3. The molecule has 0 amide bonds. The Morgan fingerprint density at radius 1 is 1.48 bits per heavy atom. The summed E-state index contributed by atoms with van der Waals surface area (Å²) in [7, 11) is 0. The largest absolute Gasteiger partial charge is 0.462 e. The highest BCUT2D eigenvalue weighted by atomic mass is 16.5. The van der Waals surface area contributed by atoms with E-state index in [9.17, 15) is 9.59 Å². The molecule has 0 radical (unpaired) electrons. The van der Waals surface area contributed by atoms with Crippen LogP contribution in [0.2, 0.25) is 0 Å². The number of aromatic nitrogens is 1. The molecule has 1 aromatic heterocycles. The van der Waals surface area contributed by atoms with Gasteiger partial charge in [-0.1, -0.05) is 0 Å². The summed E-state index contributed by atoms with van der Waals surface area (Å²) >= 11 is 0. The van der Waals surface area contributed by atoms with Gasteiger partial charge in [0.05, 0.1) is 18.3 Å². The molecule has 5 heteroatoms. The number of hydrogen-bond acceptors (Lipinski definition) is 4. The monoisotopic (exact) mass is 293 g/mol. The number of carbonyl (C=O) groups excluding carboxylic acids is 1. The quantitative estimate of drug-likeness (QED) is 0.781. The van der Waals surface area contributed by atoms with E-state index in [1.165, 1.54) is 6.07 Å². The fourth-order valence-corrected chi connectivity index (χ4v) is 2.86. The van der Waals surface area contributed by atoms with E-state index >= 15 is 0 Å². The van der Waals surface area contributed by atoms with Gasteiger partial charge in [0.15, 0.2) is 0 Å². The Balaban J connectivity index is 2.25. The summed E-state index contributed by atoms with van der Waals surface area (Å²) in [6.45, 7) is 7.05. The highest BCUT2D eigenvalue weighted by molar-refractivity contribution is 5.92. The number of carbonyl (C=O) groups is 1. The molecule has 5 nitrogen and oxygen atoms in total. The molecule has 1 atom stereocenters. The predicted octanol–water partition coefficient (Wildman–Crippen LogP) is 2.21. The van der Waals surface area contributed by atoms with Gasteiger partial charge in [0.2, 0.25) is 0 Å². The second kappa shape index (κ2) is 6.89. The maximum Gasteiger partial charge on any atom is 0.340 e. The van der Waals surface area contributed by atoms with Crippen molar-refractivity contribution < 1.29 is 14.3 Å². The molecule has 116 valence electrons. The molecule has 2 heterocycles. The van der Waals surface area contributed by atoms with Crippen LogP contribution in [0, 0.1) is 13.8 Å². The minimum absolute atomic E-state index is 0.0731. The number of aryl methyl sites for hydroxylation is 1. The Morgan fingerprint density at radius 3 is 2.86 bits per heavy atom. The molecule has 0 aliphatic carbocycles. The van der Waals surface area contributed by atoms with Gasteiger partial charge in [-0.2, -0.15) is 0 Å². The van der Waals surface area contributed by atoms with Crippen LogP contribution in [-0.2, 0) is 16.0 Å². The van der Waals surface area contributed by atoms with Crippen LogP contribution in [0.3, 0.4) is 0 Å². The van der Waals surface area contributed by atoms with Gasteiger partial charge < -0.3 is 14.0 Å². The summed E-state index contributed by atoms with van der Waals surface area (Å²) in [6, 6.07) is 1.51. The van der Waals surface area contributed by atoms with Crippen LogP contribution in [0.25, 0.3) is 0 Å². The van der Waals surface area contributed by atoms with Crippen LogP contribution in [0.5, 0.6) is 0 Å².